The number of aromatic nitrogens is 2. The highest BCUT2D eigenvalue weighted by Gasteiger charge is 2.32. The van der Waals surface area contributed by atoms with Gasteiger partial charge in [0, 0.05) is 24.0 Å². The van der Waals surface area contributed by atoms with Gasteiger partial charge in [-0.15, -0.1) is 11.3 Å². The smallest absolute Gasteiger partial charge is 0.263 e. The summed E-state index contributed by atoms with van der Waals surface area (Å²) >= 11 is 1.21. The summed E-state index contributed by atoms with van der Waals surface area (Å²) in [5.41, 5.74) is -0.471. The number of hydrogen-bond donors (Lipinski definition) is 1. The summed E-state index contributed by atoms with van der Waals surface area (Å²) in [6.07, 6.45) is 10.5. The van der Waals surface area contributed by atoms with Gasteiger partial charge in [0.15, 0.2) is 0 Å². The summed E-state index contributed by atoms with van der Waals surface area (Å²) in [4.78, 5) is 31.2. The van der Waals surface area contributed by atoms with Gasteiger partial charge in [0.05, 0.1) is 11.7 Å². The SMILES string of the molecule is Cc1sc2ncn(CC(=O)NC3CCCCCC3)c(=O)c2c1S(=O)(=O)N1CCCCC1. The number of thiophene rings is 1. The first-order chi connectivity index (χ1) is 14.9. The van der Waals surface area contributed by atoms with Gasteiger partial charge in [-0.25, -0.2) is 13.4 Å². The van der Waals surface area contributed by atoms with Gasteiger partial charge in [0.2, 0.25) is 15.9 Å². The van der Waals surface area contributed by atoms with Gasteiger partial charge in [-0.1, -0.05) is 32.1 Å². The summed E-state index contributed by atoms with van der Waals surface area (Å²) in [6, 6.07) is 0.140. The summed E-state index contributed by atoms with van der Waals surface area (Å²) in [5.74, 6) is -0.234. The van der Waals surface area contributed by atoms with Crippen LogP contribution in [0.5, 0.6) is 0 Å². The van der Waals surface area contributed by atoms with Crippen LogP contribution >= 0.6 is 11.3 Å². The van der Waals surface area contributed by atoms with Crippen molar-refractivity contribution in [3.8, 4) is 0 Å². The van der Waals surface area contributed by atoms with Gasteiger partial charge < -0.3 is 5.32 Å². The van der Waals surface area contributed by atoms with Crippen LogP contribution in [0.2, 0.25) is 0 Å². The van der Waals surface area contributed by atoms with Crippen molar-refractivity contribution in [2.45, 2.75) is 82.2 Å². The molecule has 1 N–H and O–H groups in total. The molecule has 0 aromatic carbocycles. The van der Waals surface area contributed by atoms with E-state index >= 15 is 0 Å². The maximum Gasteiger partial charge on any atom is 0.263 e. The molecule has 1 aliphatic heterocycles. The van der Waals surface area contributed by atoms with Crippen LogP contribution in [-0.4, -0.2) is 47.3 Å². The van der Waals surface area contributed by atoms with Gasteiger partial charge in [-0.05, 0) is 32.6 Å². The van der Waals surface area contributed by atoms with E-state index < -0.39 is 15.6 Å². The minimum atomic E-state index is -3.78. The van der Waals surface area contributed by atoms with E-state index in [2.05, 4.69) is 10.3 Å². The molecule has 0 spiro atoms. The first kappa shape index (κ1) is 22.4. The van der Waals surface area contributed by atoms with Crippen molar-refractivity contribution < 1.29 is 13.2 Å². The molecule has 0 radical (unpaired) electrons. The van der Waals surface area contributed by atoms with Gasteiger partial charge in [0.25, 0.3) is 5.56 Å². The number of hydrogen-bond acceptors (Lipinski definition) is 6. The number of nitrogens with one attached hydrogen (secondary N) is 1. The number of rotatable bonds is 5. The van der Waals surface area contributed by atoms with E-state index in [9.17, 15) is 18.0 Å². The Hall–Kier alpha value is -1.78. The van der Waals surface area contributed by atoms with Crippen molar-refractivity contribution >= 4 is 37.5 Å². The number of fused-ring (bicyclic) bond motifs is 1. The number of sulfonamides is 1. The van der Waals surface area contributed by atoms with E-state index in [1.165, 1.54) is 39.4 Å². The molecule has 8 nitrogen and oxygen atoms in total. The van der Waals surface area contributed by atoms with Crippen molar-refractivity contribution in [2.75, 3.05) is 13.1 Å². The van der Waals surface area contributed by atoms with E-state index in [0.717, 1.165) is 44.9 Å². The summed E-state index contributed by atoms with van der Waals surface area (Å²) in [5, 5.41) is 3.14. The lowest BCUT2D eigenvalue weighted by atomic mass is 10.1. The molecule has 0 unspecified atom stereocenters. The van der Waals surface area contributed by atoms with Crippen LogP contribution in [0.15, 0.2) is 16.0 Å². The molecule has 4 rings (SSSR count). The van der Waals surface area contributed by atoms with Crippen molar-refractivity contribution in [3.63, 3.8) is 0 Å². The largest absolute Gasteiger partial charge is 0.352 e. The van der Waals surface area contributed by atoms with Crippen LogP contribution < -0.4 is 10.9 Å². The Morgan fingerprint density at radius 1 is 1.13 bits per heavy atom. The first-order valence-corrected chi connectivity index (χ1v) is 13.4. The third kappa shape index (κ3) is 4.70. The highest BCUT2D eigenvalue weighted by Crippen LogP contribution is 2.33. The fraction of sp³-hybridized carbons (Fsp3) is 0.667. The molecule has 2 aromatic rings. The molecule has 3 heterocycles. The number of amides is 1. The Kier molecular flexibility index (Phi) is 6.78. The summed E-state index contributed by atoms with van der Waals surface area (Å²) in [7, 11) is -3.78. The van der Waals surface area contributed by atoms with E-state index in [-0.39, 0.29) is 28.8 Å². The Balaban J connectivity index is 1.63. The third-order valence-electron chi connectivity index (χ3n) is 6.25. The van der Waals surface area contributed by atoms with E-state index in [0.29, 0.717) is 22.8 Å². The van der Waals surface area contributed by atoms with Crippen LogP contribution in [-0.2, 0) is 21.4 Å². The number of piperidine rings is 1. The van der Waals surface area contributed by atoms with Gasteiger partial charge >= 0.3 is 0 Å². The fourth-order valence-corrected chi connectivity index (χ4v) is 7.81. The second kappa shape index (κ2) is 9.38. The van der Waals surface area contributed by atoms with Crippen LogP contribution in [0.3, 0.4) is 0 Å². The molecule has 1 saturated carbocycles. The van der Waals surface area contributed by atoms with Gasteiger partial charge in [0.1, 0.15) is 16.3 Å². The van der Waals surface area contributed by atoms with Crippen molar-refractivity contribution in [2.24, 2.45) is 0 Å². The number of aryl methyl sites for hydroxylation is 1. The normalized spacial score (nSPS) is 19.4. The average Bonchev–Trinajstić information content (AvgIpc) is 2.91. The molecule has 2 fully saturated rings. The lowest BCUT2D eigenvalue weighted by Crippen LogP contribution is -2.39. The Labute approximate surface area is 186 Å². The molecule has 170 valence electrons. The van der Waals surface area contributed by atoms with Crippen LogP contribution in [0.4, 0.5) is 0 Å². The molecule has 1 aliphatic carbocycles. The highest BCUT2D eigenvalue weighted by atomic mass is 32.2. The maximum atomic E-state index is 13.3. The monoisotopic (exact) mass is 466 g/mol. The fourth-order valence-electron chi connectivity index (χ4n) is 4.62. The van der Waals surface area contributed by atoms with E-state index in [1.807, 2.05) is 0 Å². The van der Waals surface area contributed by atoms with E-state index in [4.69, 9.17) is 0 Å². The summed E-state index contributed by atoms with van der Waals surface area (Å²) in [6.45, 7) is 2.50. The predicted molar refractivity (Wildman–Crippen MR) is 121 cm³/mol. The molecule has 1 amide bonds. The molecule has 2 aromatic heterocycles. The predicted octanol–water partition coefficient (Wildman–Crippen LogP) is 2.78. The zero-order valence-electron chi connectivity index (χ0n) is 17.9. The van der Waals surface area contributed by atoms with Gasteiger partial charge in [-0.3, -0.25) is 14.2 Å². The maximum absolute atomic E-state index is 13.3. The van der Waals surface area contributed by atoms with Crippen molar-refractivity contribution in [1.82, 2.24) is 19.2 Å². The summed E-state index contributed by atoms with van der Waals surface area (Å²) < 4.78 is 29.4. The molecular weight excluding hydrogens is 436 g/mol. The number of carbonyl (C=O) groups excluding carboxylic acids is 1. The Bertz CT molecular complexity index is 1110. The minimum Gasteiger partial charge on any atom is -0.352 e. The Morgan fingerprint density at radius 2 is 1.77 bits per heavy atom. The molecular formula is C21H30N4O4S2. The molecule has 10 heteroatoms. The topological polar surface area (TPSA) is 101 Å². The highest BCUT2D eigenvalue weighted by molar-refractivity contribution is 7.89. The molecule has 2 aliphatic rings. The lowest BCUT2D eigenvalue weighted by molar-refractivity contribution is -0.122. The third-order valence-corrected chi connectivity index (χ3v) is 9.46. The first-order valence-electron chi connectivity index (χ1n) is 11.2. The van der Waals surface area contributed by atoms with Crippen molar-refractivity contribution in [1.29, 1.82) is 0 Å². The molecule has 1 saturated heterocycles. The Morgan fingerprint density at radius 3 is 2.45 bits per heavy atom. The van der Waals surface area contributed by atoms with Gasteiger partial charge in [-0.2, -0.15) is 4.31 Å². The molecule has 31 heavy (non-hydrogen) atoms. The molecule has 0 atom stereocenters. The second-order valence-corrected chi connectivity index (χ2v) is 11.6. The number of nitrogens with zero attached hydrogens (tertiary/aromatic N) is 3. The van der Waals surface area contributed by atoms with Crippen LogP contribution in [0.25, 0.3) is 10.2 Å². The second-order valence-electron chi connectivity index (χ2n) is 8.57. The quantitative estimate of drug-likeness (QED) is 0.683. The minimum absolute atomic E-state index is 0.0606. The van der Waals surface area contributed by atoms with Crippen LogP contribution in [0.1, 0.15) is 62.7 Å². The van der Waals surface area contributed by atoms with Crippen molar-refractivity contribution in [3.05, 3.63) is 21.6 Å². The van der Waals surface area contributed by atoms with E-state index in [1.54, 1.807) is 6.92 Å². The standard InChI is InChI=1S/C21H30N4O4S2/c1-15-19(31(28,29)25-11-7-4-8-12-25)18-20(30-15)22-14-24(21(18)27)13-17(26)23-16-9-5-2-3-6-10-16/h14,16H,2-13H2,1H3,(H,23,26). The zero-order valence-corrected chi connectivity index (χ0v) is 19.6. The molecule has 0 bridgehead atoms. The lowest BCUT2D eigenvalue weighted by Gasteiger charge is -2.25. The van der Waals surface area contributed by atoms with Crippen LogP contribution in [0, 0.1) is 6.92 Å². The zero-order chi connectivity index (χ0) is 22.0. The average molecular weight is 467 g/mol. The number of carbonyl (C=O) groups is 1.